The summed E-state index contributed by atoms with van der Waals surface area (Å²) in [4.78, 5) is 49.1. The number of hydrogen-bond acceptors (Lipinski definition) is 6. The number of nitrogens with zero attached hydrogens (tertiary/aromatic N) is 1. The molecule has 1 saturated heterocycles. The molecule has 0 spiro atoms. The fourth-order valence-electron chi connectivity index (χ4n) is 2.75. The van der Waals surface area contributed by atoms with Crippen LogP contribution >= 0.6 is 34.2 Å². The van der Waals surface area contributed by atoms with E-state index in [0.717, 1.165) is 4.90 Å². The number of anilines is 1. The maximum Gasteiger partial charge on any atom is 0.341 e. The van der Waals surface area contributed by atoms with Crippen molar-refractivity contribution in [1.82, 2.24) is 5.32 Å². The fourth-order valence-corrected chi connectivity index (χ4v) is 3.65. The molecule has 0 saturated carbocycles. The number of benzene rings is 2. The van der Waals surface area contributed by atoms with E-state index in [4.69, 9.17) is 26.2 Å². The van der Waals surface area contributed by atoms with Gasteiger partial charge in [0.1, 0.15) is 5.57 Å². The molecule has 2 N–H and O–H groups in total. The molecule has 160 valence electrons. The molecule has 9 nitrogen and oxygen atoms in total. The summed E-state index contributed by atoms with van der Waals surface area (Å²) in [5.41, 5.74) is 0.384. The van der Waals surface area contributed by atoms with Gasteiger partial charge in [0.05, 0.1) is 16.4 Å². The highest BCUT2D eigenvalue weighted by atomic mass is 127. The molecule has 3 rings (SSSR count). The van der Waals surface area contributed by atoms with Gasteiger partial charge in [-0.05, 0) is 70.6 Å². The van der Waals surface area contributed by atoms with Gasteiger partial charge in [-0.2, -0.15) is 0 Å². The van der Waals surface area contributed by atoms with Crippen LogP contribution in [0, 0.1) is 3.57 Å². The van der Waals surface area contributed by atoms with Crippen molar-refractivity contribution in [2.24, 2.45) is 0 Å². The Hall–Kier alpha value is -3.12. The quantitative estimate of drug-likeness (QED) is 0.319. The summed E-state index contributed by atoms with van der Waals surface area (Å²) in [6.45, 7) is -0.564. The van der Waals surface area contributed by atoms with E-state index in [9.17, 15) is 19.2 Å². The maximum absolute atomic E-state index is 12.9. The van der Waals surface area contributed by atoms with Crippen LogP contribution in [-0.4, -0.2) is 42.6 Å². The third-order valence-electron chi connectivity index (χ3n) is 4.09. The van der Waals surface area contributed by atoms with Gasteiger partial charge in [-0.15, -0.1) is 0 Å². The highest BCUT2D eigenvalue weighted by Gasteiger charge is 2.36. The number of rotatable bonds is 6. The smallest absolute Gasteiger partial charge is 0.341 e. The van der Waals surface area contributed by atoms with Crippen molar-refractivity contribution in [2.45, 2.75) is 0 Å². The summed E-state index contributed by atoms with van der Waals surface area (Å²) < 4.78 is 11.0. The number of carbonyl (C=O) groups is 4. The van der Waals surface area contributed by atoms with E-state index in [2.05, 4.69) is 5.32 Å². The van der Waals surface area contributed by atoms with Crippen molar-refractivity contribution in [1.29, 1.82) is 0 Å². The monoisotopic (exact) mass is 556 g/mol. The van der Waals surface area contributed by atoms with Gasteiger partial charge in [-0.3, -0.25) is 14.9 Å². The Morgan fingerprint density at radius 3 is 2.52 bits per heavy atom. The molecule has 1 aliphatic rings. The number of urea groups is 1. The summed E-state index contributed by atoms with van der Waals surface area (Å²) in [5, 5.41) is 11.4. The third kappa shape index (κ3) is 4.97. The summed E-state index contributed by atoms with van der Waals surface area (Å²) in [5.74, 6) is -2.38. The molecule has 4 amide bonds. The minimum absolute atomic E-state index is 0.213. The SMILES string of the molecule is COc1cc(C=C2C(=O)NC(=O)N(c3ccc(Cl)cc3)C2=O)cc(I)c1OCC(=O)O. The number of imide groups is 2. The lowest BCUT2D eigenvalue weighted by molar-refractivity contribution is -0.139. The average Bonchev–Trinajstić information content (AvgIpc) is 2.71. The van der Waals surface area contributed by atoms with Crippen LogP contribution in [0.4, 0.5) is 10.5 Å². The topological polar surface area (TPSA) is 122 Å². The molecule has 0 atom stereocenters. The second-order valence-corrected chi connectivity index (χ2v) is 7.75. The lowest BCUT2D eigenvalue weighted by atomic mass is 10.1. The second kappa shape index (κ2) is 9.35. The van der Waals surface area contributed by atoms with E-state index in [1.165, 1.54) is 43.5 Å². The highest BCUT2D eigenvalue weighted by molar-refractivity contribution is 14.1. The van der Waals surface area contributed by atoms with E-state index < -0.39 is 30.4 Å². The molecule has 2 aromatic rings. The first-order valence-electron chi connectivity index (χ1n) is 8.60. The summed E-state index contributed by atoms with van der Waals surface area (Å²) >= 11 is 7.77. The highest BCUT2D eigenvalue weighted by Crippen LogP contribution is 2.35. The van der Waals surface area contributed by atoms with E-state index in [0.29, 0.717) is 14.2 Å². The Kier molecular flexibility index (Phi) is 6.81. The Balaban J connectivity index is 1.99. The van der Waals surface area contributed by atoms with E-state index in [1.807, 2.05) is 22.6 Å². The number of nitrogens with one attached hydrogen (secondary N) is 1. The number of carbonyl (C=O) groups excluding carboxylic acids is 3. The number of halogens is 2. The maximum atomic E-state index is 12.9. The molecule has 1 aliphatic heterocycles. The normalized spacial score (nSPS) is 15.1. The average molecular weight is 557 g/mol. The number of ether oxygens (including phenoxy) is 2. The van der Waals surface area contributed by atoms with Crippen LogP contribution in [0.2, 0.25) is 5.02 Å². The summed E-state index contributed by atoms with van der Waals surface area (Å²) in [6, 6.07) is 8.17. The first-order valence-corrected chi connectivity index (χ1v) is 10.1. The third-order valence-corrected chi connectivity index (χ3v) is 5.14. The minimum atomic E-state index is -1.15. The van der Waals surface area contributed by atoms with Crippen LogP contribution in [0.3, 0.4) is 0 Å². The number of barbiturate groups is 1. The van der Waals surface area contributed by atoms with Gasteiger partial charge >= 0.3 is 12.0 Å². The summed E-state index contributed by atoms with van der Waals surface area (Å²) in [7, 11) is 1.37. The zero-order valence-corrected chi connectivity index (χ0v) is 18.8. The number of aliphatic carboxylic acids is 1. The second-order valence-electron chi connectivity index (χ2n) is 6.15. The van der Waals surface area contributed by atoms with Crippen molar-refractivity contribution in [3.8, 4) is 11.5 Å². The van der Waals surface area contributed by atoms with E-state index in [1.54, 1.807) is 6.07 Å². The zero-order valence-electron chi connectivity index (χ0n) is 15.8. The van der Waals surface area contributed by atoms with Crippen LogP contribution in [0.25, 0.3) is 6.08 Å². The van der Waals surface area contributed by atoms with Gasteiger partial charge in [-0.1, -0.05) is 11.6 Å². The molecular formula is C20H14ClIN2O7. The van der Waals surface area contributed by atoms with Crippen LogP contribution in [-0.2, 0) is 14.4 Å². The summed E-state index contributed by atoms with van der Waals surface area (Å²) in [6.07, 6.45) is 1.30. The molecule has 2 aromatic carbocycles. The Morgan fingerprint density at radius 2 is 1.90 bits per heavy atom. The Labute approximate surface area is 194 Å². The minimum Gasteiger partial charge on any atom is -0.493 e. The fraction of sp³-hybridized carbons (Fsp3) is 0.100. The number of hydrogen-bond donors (Lipinski definition) is 2. The van der Waals surface area contributed by atoms with Crippen molar-refractivity contribution < 1.29 is 33.8 Å². The van der Waals surface area contributed by atoms with Crippen LogP contribution in [0.15, 0.2) is 42.0 Å². The van der Waals surface area contributed by atoms with Gasteiger partial charge in [-0.25, -0.2) is 14.5 Å². The van der Waals surface area contributed by atoms with Gasteiger partial charge in [0.25, 0.3) is 11.8 Å². The number of carboxylic acids is 1. The first kappa shape index (κ1) is 22.6. The van der Waals surface area contributed by atoms with E-state index >= 15 is 0 Å². The lowest BCUT2D eigenvalue weighted by Crippen LogP contribution is -2.54. The standard InChI is InChI=1S/C20H14ClIN2O7/c1-30-15-8-10(7-14(22)17(15)31-9-16(25)26)6-13-18(27)23-20(29)24(19(13)28)12-4-2-11(21)3-5-12/h2-8H,9H2,1H3,(H,25,26)(H,23,27,29). The van der Waals surface area contributed by atoms with Gasteiger partial charge in [0.15, 0.2) is 18.1 Å². The van der Waals surface area contributed by atoms with Gasteiger partial charge < -0.3 is 14.6 Å². The number of methoxy groups -OCH3 is 1. The molecular weight excluding hydrogens is 543 g/mol. The molecule has 0 unspecified atom stereocenters. The van der Waals surface area contributed by atoms with Crippen molar-refractivity contribution in [3.05, 3.63) is 56.1 Å². The molecule has 11 heteroatoms. The largest absolute Gasteiger partial charge is 0.493 e. The zero-order chi connectivity index (χ0) is 22.7. The number of carboxylic acid groups (broad SMARTS) is 1. The molecule has 31 heavy (non-hydrogen) atoms. The van der Waals surface area contributed by atoms with Gasteiger partial charge in [0.2, 0.25) is 0 Å². The van der Waals surface area contributed by atoms with Crippen molar-refractivity contribution >= 4 is 69.8 Å². The molecule has 1 fully saturated rings. The molecule has 0 radical (unpaired) electrons. The van der Waals surface area contributed by atoms with E-state index in [-0.39, 0.29) is 22.8 Å². The lowest BCUT2D eigenvalue weighted by Gasteiger charge is -2.26. The predicted molar refractivity (Wildman–Crippen MR) is 119 cm³/mol. The molecule has 0 aromatic heterocycles. The van der Waals surface area contributed by atoms with Crippen molar-refractivity contribution in [2.75, 3.05) is 18.6 Å². The Morgan fingerprint density at radius 1 is 1.23 bits per heavy atom. The van der Waals surface area contributed by atoms with Crippen LogP contribution < -0.4 is 19.7 Å². The van der Waals surface area contributed by atoms with Crippen LogP contribution in [0.5, 0.6) is 11.5 Å². The Bertz CT molecular complexity index is 1120. The van der Waals surface area contributed by atoms with Gasteiger partial charge in [0, 0.05) is 5.02 Å². The molecule has 0 bridgehead atoms. The first-order chi connectivity index (χ1) is 14.7. The number of amides is 4. The predicted octanol–water partition coefficient (Wildman–Crippen LogP) is 3.08. The molecule has 0 aliphatic carbocycles. The van der Waals surface area contributed by atoms with Crippen molar-refractivity contribution in [3.63, 3.8) is 0 Å². The molecule has 1 heterocycles. The van der Waals surface area contributed by atoms with Crippen LogP contribution in [0.1, 0.15) is 5.56 Å².